The number of carbonyl (C=O) groups excluding carboxylic acids is 2. The Hall–Kier alpha value is -1.66. The van der Waals surface area contributed by atoms with E-state index in [0.29, 0.717) is 19.4 Å². The molecule has 0 aliphatic rings. The molecule has 0 fully saturated rings. The van der Waals surface area contributed by atoms with Gasteiger partial charge < -0.3 is 20.3 Å². The molecule has 0 spiro atoms. The topological polar surface area (TPSA) is 95.9 Å². The summed E-state index contributed by atoms with van der Waals surface area (Å²) in [6.45, 7) is 4.92. The number of unbranched alkanes of at least 4 members (excludes halogenated alkanes) is 48. The van der Waals surface area contributed by atoms with Crippen LogP contribution in [0.25, 0.3) is 0 Å². The predicted molar refractivity (Wildman–Crippen MR) is 315 cm³/mol. The van der Waals surface area contributed by atoms with Crippen molar-refractivity contribution in [2.24, 2.45) is 0 Å². The lowest BCUT2D eigenvalue weighted by molar-refractivity contribution is -0.143. The molecule has 0 aromatic rings. The van der Waals surface area contributed by atoms with Crippen molar-refractivity contribution in [3.05, 3.63) is 24.3 Å². The number of nitrogens with one attached hydrogen (secondary N) is 1. The highest BCUT2D eigenvalue weighted by molar-refractivity contribution is 5.76. The Morgan fingerprint density at radius 1 is 0.375 bits per heavy atom. The molecule has 0 aliphatic carbocycles. The van der Waals surface area contributed by atoms with Crippen molar-refractivity contribution in [2.75, 3.05) is 13.2 Å². The molecule has 426 valence electrons. The third kappa shape index (κ3) is 57.6. The van der Waals surface area contributed by atoms with Crippen molar-refractivity contribution in [1.82, 2.24) is 5.32 Å². The second-order valence-corrected chi connectivity index (χ2v) is 22.5. The number of allylic oxidation sites excluding steroid dienone is 3. The summed E-state index contributed by atoms with van der Waals surface area (Å²) in [5.74, 6) is -0.0719. The van der Waals surface area contributed by atoms with Gasteiger partial charge in [0.05, 0.1) is 25.4 Å². The Morgan fingerprint density at radius 2 is 0.653 bits per heavy atom. The first-order chi connectivity index (χ1) is 35.5. The number of amides is 1. The van der Waals surface area contributed by atoms with Gasteiger partial charge in [0.1, 0.15) is 0 Å². The normalized spacial score (nSPS) is 12.7. The molecule has 0 aromatic heterocycles. The van der Waals surface area contributed by atoms with Gasteiger partial charge in [-0.05, 0) is 57.8 Å². The van der Waals surface area contributed by atoms with E-state index in [9.17, 15) is 19.8 Å². The number of esters is 1. The summed E-state index contributed by atoms with van der Waals surface area (Å²) in [4.78, 5) is 24.6. The number of hydrogen-bond acceptors (Lipinski definition) is 5. The van der Waals surface area contributed by atoms with E-state index < -0.39 is 12.1 Å². The number of hydrogen-bond donors (Lipinski definition) is 3. The maximum Gasteiger partial charge on any atom is 0.305 e. The maximum absolute atomic E-state index is 12.5. The van der Waals surface area contributed by atoms with Crippen molar-refractivity contribution in [3.63, 3.8) is 0 Å². The number of rotatable bonds is 61. The van der Waals surface area contributed by atoms with Crippen LogP contribution in [0.4, 0.5) is 0 Å². The second-order valence-electron chi connectivity index (χ2n) is 22.5. The molecule has 0 aromatic carbocycles. The molecule has 1 amide bonds. The van der Waals surface area contributed by atoms with Crippen molar-refractivity contribution in [1.29, 1.82) is 0 Å². The lowest BCUT2D eigenvalue weighted by Gasteiger charge is -2.20. The summed E-state index contributed by atoms with van der Waals surface area (Å²) < 4.78 is 5.50. The van der Waals surface area contributed by atoms with Gasteiger partial charge in [-0.1, -0.05) is 314 Å². The van der Waals surface area contributed by atoms with Crippen LogP contribution in [-0.4, -0.2) is 47.4 Å². The Morgan fingerprint density at radius 3 is 0.986 bits per heavy atom. The predicted octanol–water partition coefficient (Wildman–Crippen LogP) is 20.6. The van der Waals surface area contributed by atoms with Crippen LogP contribution in [0.1, 0.15) is 361 Å². The fourth-order valence-electron chi connectivity index (χ4n) is 10.2. The maximum atomic E-state index is 12.5. The molecule has 0 saturated heterocycles. The minimum absolute atomic E-state index is 0.00752. The SMILES string of the molecule is CCCCCCCCCCCCCCCCCC/C=C/C(O)C(CO)NC(=O)CCCCCCC/C=C\CCCCCCCCCCCOC(=O)CCCCCCCCCCCCCCCCCCCCC. The molecule has 0 heterocycles. The van der Waals surface area contributed by atoms with Gasteiger partial charge in [-0.3, -0.25) is 9.59 Å². The quantitative estimate of drug-likeness (QED) is 0.0320. The van der Waals surface area contributed by atoms with E-state index in [4.69, 9.17) is 4.74 Å². The van der Waals surface area contributed by atoms with E-state index in [2.05, 4.69) is 31.3 Å². The van der Waals surface area contributed by atoms with Crippen LogP contribution in [0.2, 0.25) is 0 Å². The number of aliphatic hydroxyl groups excluding tert-OH is 2. The summed E-state index contributed by atoms with van der Waals surface area (Å²) in [7, 11) is 0. The number of carbonyl (C=O) groups is 2. The molecule has 0 bridgehead atoms. The number of aliphatic hydroxyl groups is 2. The third-order valence-corrected chi connectivity index (χ3v) is 15.2. The molecular weight excluding hydrogens is 887 g/mol. The molecule has 2 atom stereocenters. The minimum Gasteiger partial charge on any atom is -0.466 e. The molecule has 0 aliphatic heterocycles. The average molecular weight is 1010 g/mol. The lowest BCUT2D eigenvalue weighted by atomic mass is 10.0. The van der Waals surface area contributed by atoms with Crippen LogP contribution in [0.5, 0.6) is 0 Å². The van der Waals surface area contributed by atoms with Crippen LogP contribution >= 0.6 is 0 Å². The van der Waals surface area contributed by atoms with Crippen LogP contribution in [0, 0.1) is 0 Å². The summed E-state index contributed by atoms with van der Waals surface area (Å²) in [6.07, 6.45) is 76.5. The zero-order chi connectivity index (χ0) is 52.2. The first kappa shape index (κ1) is 70.3. The van der Waals surface area contributed by atoms with Crippen molar-refractivity contribution >= 4 is 11.9 Å². The zero-order valence-electron chi connectivity index (χ0n) is 48.7. The fourth-order valence-corrected chi connectivity index (χ4v) is 10.2. The Bertz CT molecular complexity index is 1120. The van der Waals surface area contributed by atoms with Gasteiger partial charge in [0.2, 0.25) is 5.91 Å². The van der Waals surface area contributed by atoms with Gasteiger partial charge in [-0.2, -0.15) is 0 Å². The van der Waals surface area contributed by atoms with Crippen molar-refractivity contribution in [2.45, 2.75) is 373 Å². The van der Waals surface area contributed by atoms with Gasteiger partial charge in [0, 0.05) is 12.8 Å². The van der Waals surface area contributed by atoms with E-state index in [1.54, 1.807) is 6.08 Å². The van der Waals surface area contributed by atoms with E-state index in [1.807, 2.05) is 6.08 Å². The van der Waals surface area contributed by atoms with Crippen molar-refractivity contribution < 1.29 is 24.5 Å². The molecule has 0 saturated carbocycles. The molecule has 72 heavy (non-hydrogen) atoms. The van der Waals surface area contributed by atoms with Crippen LogP contribution in [-0.2, 0) is 14.3 Å². The van der Waals surface area contributed by atoms with Crippen LogP contribution in [0.3, 0.4) is 0 Å². The monoisotopic (exact) mass is 1010 g/mol. The van der Waals surface area contributed by atoms with Gasteiger partial charge in [0.25, 0.3) is 0 Å². The van der Waals surface area contributed by atoms with Crippen molar-refractivity contribution in [3.8, 4) is 0 Å². The highest BCUT2D eigenvalue weighted by Crippen LogP contribution is 2.18. The van der Waals surface area contributed by atoms with E-state index in [-0.39, 0.29) is 18.5 Å². The summed E-state index contributed by atoms with van der Waals surface area (Å²) in [5, 5.41) is 23.2. The molecular formula is C66H127NO5. The Balaban J connectivity index is 3.44. The molecule has 0 radical (unpaired) electrons. The van der Waals surface area contributed by atoms with Gasteiger partial charge in [-0.15, -0.1) is 0 Å². The zero-order valence-corrected chi connectivity index (χ0v) is 48.7. The smallest absolute Gasteiger partial charge is 0.305 e. The summed E-state index contributed by atoms with van der Waals surface area (Å²) >= 11 is 0. The summed E-state index contributed by atoms with van der Waals surface area (Å²) in [6, 6.07) is -0.638. The largest absolute Gasteiger partial charge is 0.466 e. The molecule has 0 rings (SSSR count). The number of ether oxygens (including phenoxy) is 1. The first-order valence-corrected chi connectivity index (χ1v) is 32.6. The van der Waals surface area contributed by atoms with Gasteiger partial charge >= 0.3 is 5.97 Å². The van der Waals surface area contributed by atoms with E-state index in [1.165, 1.54) is 276 Å². The average Bonchev–Trinajstić information content (AvgIpc) is 3.38. The molecule has 2 unspecified atom stereocenters. The van der Waals surface area contributed by atoms with E-state index >= 15 is 0 Å². The molecule has 6 nitrogen and oxygen atoms in total. The van der Waals surface area contributed by atoms with Gasteiger partial charge in [0.15, 0.2) is 0 Å². The first-order valence-electron chi connectivity index (χ1n) is 32.6. The second kappa shape index (κ2) is 61.9. The highest BCUT2D eigenvalue weighted by Gasteiger charge is 2.18. The highest BCUT2D eigenvalue weighted by atomic mass is 16.5. The summed E-state index contributed by atoms with van der Waals surface area (Å²) in [5.41, 5.74) is 0. The van der Waals surface area contributed by atoms with Crippen LogP contribution in [0.15, 0.2) is 24.3 Å². The van der Waals surface area contributed by atoms with E-state index in [0.717, 1.165) is 57.8 Å². The fraction of sp³-hybridized carbons (Fsp3) is 0.909. The minimum atomic E-state index is -0.853. The third-order valence-electron chi connectivity index (χ3n) is 15.2. The molecule has 6 heteroatoms. The Labute approximate surface area is 450 Å². The Kier molecular flexibility index (Phi) is 60.5. The lowest BCUT2D eigenvalue weighted by Crippen LogP contribution is -2.45. The van der Waals surface area contributed by atoms with Gasteiger partial charge in [-0.25, -0.2) is 0 Å². The van der Waals surface area contributed by atoms with Crippen LogP contribution < -0.4 is 5.32 Å². The molecule has 3 N–H and O–H groups in total. The standard InChI is InChI=1S/C66H127NO5/c1-3-5-7-9-11-13-15-17-19-21-23-28-32-36-40-44-48-52-56-60-66(71)72-61-57-53-49-45-41-37-33-29-25-24-27-31-35-39-43-47-51-55-59-65(70)67-63(62-68)64(69)58-54-50-46-42-38-34-30-26-22-20-18-16-14-12-10-8-6-4-2/h27,31,54,58,63-64,68-69H,3-26,28-30,32-53,55-57,59-62H2,1-2H3,(H,67,70)/b31-27-,58-54+.